The summed E-state index contributed by atoms with van der Waals surface area (Å²) < 4.78 is 0. The molecule has 0 aromatic heterocycles. The van der Waals surface area contributed by atoms with Gasteiger partial charge in [-0.15, -0.1) is 0 Å². The van der Waals surface area contributed by atoms with Crippen molar-refractivity contribution in [1.82, 2.24) is 15.1 Å². The summed E-state index contributed by atoms with van der Waals surface area (Å²) in [5, 5.41) is 2.92. The summed E-state index contributed by atoms with van der Waals surface area (Å²) in [6, 6.07) is 7.00. The van der Waals surface area contributed by atoms with Crippen molar-refractivity contribution in [3.05, 3.63) is 35.4 Å². The largest absolute Gasteiger partial charge is 0.352 e. The molecule has 0 aliphatic carbocycles. The van der Waals surface area contributed by atoms with Gasteiger partial charge in [-0.25, -0.2) is 0 Å². The lowest BCUT2D eigenvalue weighted by molar-refractivity contribution is -0.158. The zero-order valence-electron chi connectivity index (χ0n) is 16.2. The minimum atomic E-state index is -0.286. The first-order valence-electron chi connectivity index (χ1n) is 9.91. The van der Waals surface area contributed by atoms with Gasteiger partial charge in [0, 0.05) is 25.2 Å². The Morgan fingerprint density at radius 3 is 2.63 bits per heavy atom. The lowest BCUT2D eigenvalue weighted by atomic mass is 9.98. The number of hydrogen-bond acceptors (Lipinski definition) is 3. The first kappa shape index (κ1) is 19.4. The molecule has 2 aliphatic heterocycles. The second kappa shape index (κ2) is 8.55. The van der Waals surface area contributed by atoms with Crippen molar-refractivity contribution in [2.45, 2.75) is 52.1 Å². The highest BCUT2D eigenvalue weighted by molar-refractivity contribution is 5.95. The molecule has 0 spiro atoms. The van der Waals surface area contributed by atoms with Crippen LogP contribution in [0.25, 0.3) is 0 Å². The highest BCUT2D eigenvalue weighted by Gasteiger charge is 2.40. The molecular weight excluding hydrogens is 342 g/mol. The normalized spacial score (nSPS) is 20.0. The number of carbonyl (C=O) groups is 3. The number of nitrogens with one attached hydrogen (secondary N) is 1. The monoisotopic (exact) mass is 371 g/mol. The van der Waals surface area contributed by atoms with E-state index in [4.69, 9.17) is 0 Å². The van der Waals surface area contributed by atoms with Crippen molar-refractivity contribution < 1.29 is 14.4 Å². The first-order chi connectivity index (χ1) is 13.0. The molecular formula is C21H29N3O3. The van der Waals surface area contributed by atoms with E-state index in [1.807, 2.05) is 12.1 Å². The summed E-state index contributed by atoms with van der Waals surface area (Å²) in [7, 11) is 0. The van der Waals surface area contributed by atoms with Crippen LogP contribution in [0.1, 0.15) is 55.5 Å². The van der Waals surface area contributed by atoms with E-state index in [1.165, 1.54) is 0 Å². The quantitative estimate of drug-likeness (QED) is 0.833. The zero-order valence-corrected chi connectivity index (χ0v) is 16.2. The fraction of sp³-hybridized carbons (Fsp3) is 0.571. The predicted octanol–water partition coefficient (Wildman–Crippen LogP) is 2.19. The second-order valence-electron chi connectivity index (χ2n) is 7.93. The maximum absolute atomic E-state index is 12.7. The predicted molar refractivity (Wildman–Crippen MR) is 103 cm³/mol. The molecule has 2 heterocycles. The summed E-state index contributed by atoms with van der Waals surface area (Å²) in [5.74, 6) is 0.562. The molecule has 2 saturated heterocycles. The van der Waals surface area contributed by atoms with Crippen molar-refractivity contribution in [1.29, 1.82) is 0 Å². The van der Waals surface area contributed by atoms with Crippen LogP contribution in [0.15, 0.2) is 24.3 Å². The van der Waals surface area contributed by atoms with Gasteiger partial charge in [0.2, 0.25) is 11.8 Å². The van der Waals surface area contributed by atoms with Gasteiger partial charge in [-0.1, -0.05) is 26.0 Å². The van der Waals surface area contributed by atoms with Gasteiger partial charge in [-0.2, -0.15) is 0 Å². The fourth-order valence-electron chi connectivity index (χ4n) is 3.72. The number of nitrogens with zero attached hydrogens (tertiary/aromatic N) is 2. The highest BCUT2D eigenvalue weighted by Crippen LogP contribution is 2.24. The molecule has 1 aromatic carbocycles. The van der Waals surface area contributed by atoms with E-state index in [9.17, 15) is 14.4 Å². The van der Waals surface area contributed by atoms with Crippen molar-refractivity contribution >= 4 is 17.7 Å². The molecule has 0 bridgehead atoms. The minimum absolute atomic E-state index is 0.0421. The maximum atomic E-state index is 12.7. The summed E-state index contributed by atoms with van der Waals surface area (Å²) in [6.45, 7) is 6.17. The summed E-state index contributed by atoms with van der Waals surface area (Å²) in [6.07, 6.45) is 3.69. The number of fused-ring (bicyclic) bond motifs is 1. The van der Waals surface area contributed by atoms with Crippen LogP contribution < -0.4 is 5.32 Å². The van der Waals surface area contributed by atoms with E-state index >= 15 is 0 Å². The molecule has 0 radical (unpaired) electrons. The first-order valence-corrected chi connectivity index (χ1v) is 9.91. The SMILES string of the molecule is CC(C)CCNC(=O)c1ccc(CN2CC(=O)N3CCCCC3C2=O)cc1. The van der Waals surface area contributed by atoms with Crippen molar-refractivity contribution in [2.24, 2.45) is 5.92 Å². The molecule has 1 unspecified atom stereocenters. The van der Waals surface area contributed by atoms with Gasteiger partial charge in [-0.05, 0) is 49.3 Å². The highest BCUT2D eigenvalue weighted by atomic mass is 16.2. The lowest BCUT2D eigenvalue weighted by Gasteiger charge is -2.42. The van der Waals surface area contributed by atoms with Crippen LogP contribution in [0, 0.1) is 5.92 Å². The van der Waals surface area contributed by atoms with Crippen LogP contribution in [0.4, 0.5) is 0 Å². The molecule has 0 saturated carbocycles. The van der Waals surface area contributed by atoms with Gasteiger partial charge >= 0.3 is 0 Å². The van der Waals surface area contributed by atoms with Gasteiger partial charge in [0.25, 0.3) is 5.91 Å². The van der Waals surface area contributed by atoms with E-state index in [0.717, 1.165) is 31.2 Å². The summed E-state index contributed by atoms with van der Waals surface area (Å²) in [5.41, 5.74) is 1.54. The van der Waals surface area contributed by atoms with E-state index in [0.29, 0.717) is 31.1 Å². The van der Waals surface area contributed by atoms with Crippen LogP contribution in [0.5, 0.6) is 0 Å². The average molecular weight is 371 g/mol. The molecule has 1 atom stereocenters. The van der Waals surface area contributed by atoms with Crippen molar-refractivity contribution in [3.63, 3.8) is 0 Å². The third-order valence-corrected chi connectivity index (χ3v) is 5.34. The number of benzene rings is 1. The number of rotatable bonds is 6. The number of piperazine rings is 1. The van der Waals surface area contributed by atoms with Gasteiger partial charge < -0.3 is 15.1 Å². The number of carbonyl (C=O) groups excluding carboxylic acids is 3. The van der Waals surface area contributed by atoms with Gasteiger partial charge in [0.15, 0.2) is 0 Å². The van der Waals surface area contributed by atoms with Crippen LogP contribution >= 0.6 is 0 Å². The van der Waals surface area contributed by atoms with E-state index in [2.05, 4.69) is 19.2 Å². The third kappa shape index (κ3) is 4.67. The van der Waals surface area contributed by atoms with Crippen LogP contribution in [0.2, 0.25) is 0 Å². The Morgan fingerprint density at radius 1 is 1.19 bits per heavy atom. The van der Waals surface area contributed by atoms with Crippen LogP contribution in [-0.2, 0) is 16.1 Å². The number of amides is 3. The Hall–Kier alpha value is -2.37. The third-order valence-electron chi connectivity index (χ3n) is 5.34. The minimum Gasteiger partial charge on any atom is -0.352 e. The van der Waals surface area contributed by atoms with Crippen LogP contribution in [0.3, 0.4) is 0 Å². The van der Waals surface area contributed by atoms with E-state index in [1.54, 1.807) is 21.9 Å². The molecule has 3 amide bonds. The molecule has 2 fully saturated rings. The number of hydrogen-bond donors (Lipinski definition) is 1. The lowest BCUT2D eigenvalue weighted by Crippen LogP contribution is -2.60. The summed E-state index contributed by atoms with van der Waals surface area (Å²) >= 11 is 0. The van der Waals surface area contributed by atoms with Gasteiger partial charge in [-0.3, -0.25) is 14.4 Å². The maximum Gasteiger partial charge on any atom is 0.251 e. The summed E-state index contributed by atoms with van der Waals surface area (Å²) in [4.78, 5) is 40.6. The van der Waals surface area contributed by atoms with Crippen molar-refractivity contribution in [3.8, 4) is 0 Å². The molecule has 1 N–H and O–H groups in total. The number of piperidine rings is 1. The smallest absolute Gasteiger partial charge is 0.251 e. The Balaban J connectivity index is 1.58. The zero-order chi connectivity index (χ0) is 19.4. The molecule has 1 aromatic rings. The standard InChI is InChI=1S/C21H29N3O3/c1-15(2)10-11-22-20(26)17-8-6-16(7-9-17)13-23-14-19(25)24-12-4-3-5-18(24)21(23)27/h6-9,15,18H,3-5,10-14H2,1-2H3,(H,22,26). The molecule has 2 aliphatic rings. The second-order valence-corrected chi connectivity index (χ2v) is 7.93. The Bertz CT molecular complexity index is 699. The molecule has 6 nitrogen and oxygen atoms in total. The Morgan fingerprint density at radius 2 is 1.93 bits per heavy atom. The topological polar surface area (TPSA) is 69.7 Å². The van der Waals surface area contributed by atoms with Crippen LogP contribution in [-0.4, -0.2) is 53.2 Å². The van der Waals surface area contributed by atoms with E-state index < -0.39 is 0 Å². The molecule has 6 heteroatoms. The molecule has 3 rings (SSSR count). The van der Waals surface area contributed by atoms with E-state index in [-0.39, 0.29) is 30.3 Å². The van der Waals surface area contributed by atoms with Gasteiger partial charge in [0.05, 0.1) is 0 Å². The van der Waals surface area contributed by atoms with Gasteiger partial charge in [0.1, 0.15) is 12.6 Å². The Kier molecular flexibility index (Phi) is 6.14. The fourth-order valence-corrected chi connectivity index (χ4v) is 3.72. The molecule has 27 heavy (non-hydrogen) atoms. The molecule has 146 valence electrons. The van der Waals surface area contributed by atoms with Crippen molar-refractivity contribution in [2.75, 3.05) is 19.6 Å². The Labute approximate surface area is 160 Å². The average Bonchev–Trinajstić information content (AvgIpc) is 2.66.